The molecule has 0 radical (unpaired) electrons. The molecule has 0 saturated heterocycles. The highest BCUT2D eigenvalue weighted by molar-refractivity contribution is 5.96. The fraction of sp³-hybridized carbons (Fsp3) is 0.619. The molecule has 0 unspecified atom stereocenters. The van der Waals surface area contributed by atoms with Crippen molar-refractivity contribution in [1.82, 2.24) is 15.5 Å². The summed E-state index contributed by atoms with van der Waals surface area (Å²) in [6, 6.07) is 4.04. The molecule has 1 fully saturated rings. The Morgan fingerprint density at radius 3 is 2.37 bits per heavy atom. The molecule has 6 nitrogen and oxygen atoms in total. The van der Waals surface area contributed by atoms with Crippen LogP contribution < -0.4 is 15.4 Å². The molecule has 0 atom stereocenters. The molecule has 2 N–H and O–H groups in total. The van der Waals surface area contributed by atoms with Crippen molar-refractivity contribution < 1.29 is 27.5 Å². The number of halogens is 3. The number of methoxy groups -OCH3 is 1. The minimum Gasteiger partial charge on any atom is -0.496 e. The Balaban J connectivity index is 1.85. The first-order chi connectivity index (χ1) is 14.0. The summed E-state index contributed by atoms with van der Waals surface area (Å²) in [5.74, 6) is -1.47. The van der Waals surface area contributed by atoms with Crippen LogP contribution >= 0.6 is 0 Å². The maximum atomic E-state index is 13.1. The fourth-order valence-electron chi connectivity index (χ4n) is 3.66. The van der Waals surface area contributed by atoms with Crippen molar-refractivity contribution in [3.8, 4) is 5.75 Å². The van der Waals surface area contributed by atoms with E-state index in [4.69, 9.17) is 4.74 Å². The molecule has 0 spiro atoms. The fourth-order valence-corrected chi connectivity index (χ4v) is 3.66. The average Bonchev–Trinajstić information content (AvgIpc) is 2.70. The Morgan fingerprint density at radius 2 is 1.83 bits per heavy atom. The summed E-state index contributed by atoms with van der Waals surface area (Å²) in [5, 5.41) is 5.28. The van der Waals surface area contributed by atoms with E-state index in [2.05, 4.69) is 36.4 Å². The highest BCUT2D eigenvalue weighted by Crippen LogP contribution is 2.36. The van der Waals surface area contributed by atoms with E-state index in [-0.39, 0.29) is 29.8 Å². The Bertz CT molecular complexity index is 745. The first-order valence-corrected chi connectivity index (χ1v) is 10.1. The predicted octanol–water partition coefficient (Wildman–Crippen LogP) is 3.21. The van der Waals surface area contributed by atoms with Crippen LogP contribution in [0, 0.1) is 0 Å². The number of hydrogen-bond acceptors (Lipinski definition) is 4. The number of hydrogen-bond donors (Lipinski definition) is 2. The van der Waals surface area contributed by atoms with Gasteiger partial charge in [-0.05, 0) is 64.8 Å². The third kappa shape index (κ3) is 6.35. The number of amides is 2. The Hall–Kier alpha value is -2.29. The molecular formula is C21H30F3N3O3. The molecule has 2 rings (SSSR count). The second kappa shape index (κ2) is 10.1. The van der Waals surface area contributed by atoms with E-state index in [0.717, 1.165) is 44.9 Å². The highest BCUT2D eigenvalue weighted by atomic mass is 19.4. The van der Waals surface area contributed by atoms with Crippen LogP contribution in [-0.4, -0.2) is 55.5 Å². The summed E-state index contributed by atoms with van der Waals surface area (Å²) < 4.78 is 44.0. The van der Waals surface area contributed by atoms with Crippen LogP contribution in [0.4, 0.5) is 13.2 Å². The van der Waals surface area contributed by atoms with Gasteiger partial charge in [0.25, 0.3) is 5.91 Å². The van der Waals surface area contributed by atoms with Gasteiger partial charge in [0.05, 0.1) is 19.2 Å². The van der Waals surface area contributed by atoms with Crippen LogP contribution in [0.2, 0.25) is 0 Å². The highest BCUT2D eigenvalue weighted by Gasteiger charge is 2.35. The van der Waals surface area contributed by atoms with Crippen molar-refractivity contribution in [3.05, 3.63) is 29.3 Å². The van der Waals surface area contributed by atoms with E-state index in [0.29, 0.717) is 12.1 Å². The van der Waals surface area contributed by atoms with Crippen molar-refractivity contribution in [2.24, 2.45) is 0 Å². The number of benzene rings is 1. The second-order valence-electron chi connectivity index (χ2n) is 7.93. The summed E-state index contributed by atoms with van der Waals surface area (Å²) in [6.45, 7) is 4.01. The van der Waals surface area contributed by atoms with Gasteiger partial charge >= 0.3 is 6.18 Å². The van der Waals surface area contributed by atoms with Crippen LogP contribution in [0.15, 0.2) is 18.2 Å². The monoisotopic (exact) mass is 429 g/mol. The zero-order chi connectivity index (χ0) is 22.5. The van der Waals surface area contributed by atoms with E-state index in [9.17, 15) is 22.8 Å². The molecule has 1 saturated carbocycles. The van der Waals surface area contributed by atoms with Gasteiger partial charge in [0.2, 0.25) is 5.91 Å². The predicted molar refractivity (Wildman–Crippen MR) is 107 cm³/mol. The molecule has 0 heterocycles. The standard InChI is InChI=1S/C21H30F3N3O3/c1-13(2)27(3)16-8-6-15(7-9-16)26-19(28)12-25-20(29)14-5-10-18(30-4)17(11-14)21(22,23)24/h5,10-11,13,15-16H,6-9,12H2,1-4H3,(H,25,29)(H,26,28). The molecule has 0 aromatic heterocycles. The summed E-state index contributed by atoms with van der Waals surface area (Å²) in [5.41, 5.74) is -1.22. The van der Waals surface area contributed by atoms with Crippen molar-refractivity contribution in [2.75, 3.05) is 20.7 Å². The van der Waals surface area contributed by atoms with Crippen molar-refractivity contribution >= 4 is 11.8 Å². The van der Waals surface area contributed by atoms with Gasteiger partial charge in [-0.1, -0.05) is 0 Å². The number of carbonyl (C=O) groups excluding carboxylic acids is 2. The lowest BCUT2D eigenvalue weighted by atomic mass is 9.90. The number of nitrogens with one attached hydrogen (secondary N) is 2. The molecule has 0 aliphatic heterocycles. The second-order valence-corrected chi connectivity index (χ2v) is 7.93. The van der Waals surface area contributed by atoms with Crippen LogP contribution in [0.1, 0.15) is 55.5 Å². The topological polar surface area (TPSA) is 70.7 Å². The summed E-state index contributed by atoms with van der Waals surface area (Å²) >= 11 is 0. The largest absolute Gasteiger partial charge is 0.496 e. The number of carbonyl (C=O) groups is 2. The normalized spacial score (nSPS) is 19.6. The van der Waals surface area contributed by atoms with Crippen molar-refractivity contribution in [1.29, 1.82) is 0 Å². The van der Waals surface area contributed by atoms with Gasteiger partial charge in [-0.3, -0.25) is 9.59 Å². The Labute approximate surface area is 175 Å². The maximum Gasteiger partial charge on any atom is 0.419 e. The first-order valence-electron chi connectivity index (χ1n) is 10.1. The smallest absolute Gasteiger partial charge is 0.419 e. The van der Waals surface area contributed by atoms with Gasteiger partial charge in [-0.2, -0.15) is 13.2 Å². The molecule has 1 aliphatic carbocycles. The molecule has 9 heteroatoms. The van der Waals surface area contributed by atoms with Crippen LogP contribution in [0.5, 0.6) is 5.75 Å². The Kier molecular flexibility index (Phi) is 8.11. The lowest BCUT2D eigenvalue weighted by molar-refractivity contribution is -0.138. The van der Waals surface area contributed by atoms with Crippen molar-refractivity contribution in [3.63, 3.8) is 0 Å². The molecule has 1 aromatic carbocycles. The number of rotatable bonds is 7. The molecule has 30 heavy (non-hydrogen) atoms. The van der Waals surface area contributed by atoms with Crippen LogP contribution in [-0.2, 0) is 11.0 Å². The molecule has 0 bridgehead atoms. The first kappa shape index (κ1) is 24.0. The molecule has 2 amide bonds. The lowest BCUT2D eigenvalue weighted by Gasteiger charge is -2.37. The number of ether oxygens (including phenoxy) is 1. The van der Waals surface area contributed by atoms with Crippen LogP contribution in [0.3, 0.4) is 0 Å². The van der Waals surface area contributed by atoms with Gasteiger partial charge < -0.3 is 20.3 Å². The summed E-state index contributed by atoms with van der Waals surface area (Å²) in [6.07, 6.45) is -0.971. The molecular weight excluding hydrogens is 399 g/mol. The van der Waals surface area contributed by atoms with Gasteiger partial charge in [-0.15, -0.1) is 0 Å². The summed E-state index contributed by atoms with van der Waals surface area (Å²) in [4.78, 5) is 26.7. The zero-order valence-corrected chi connectivity index (χ0v) is 17.8. The third-order valence-corrected chi connectivity index (χ3v) is 5.63. The number of alkyl halides is 3. The average molecular weight is 429 g/mol. The number of nitrogens with zero attached hydrogens (tertiary/aromatic N) is 1. The minimum absolute atomic E-state index is 0.0454. The van der Waals surface area contributed by atoms with Crippen molar-refractivity contribution in [2.45, 2.75) is 63.8 Å². The van der Waals surface area contributed by atoms with E-state index in [1.165, 1.54) is 6.07 Å². The molecule has 168 valence electrons. The quantitative estimate of drug-likeness (QED) is 0.698. The lowest BCUT2D eigenvalue weighted by Crippen LogP contribution is -2.46. The van der Waals surface area contributed by atoms with Gasteiger partial charge in [0.1, 0.15) is 5.75 Å². The molecule has 1 aromatic rings. The van der Waals surface area contributed by atoms with Gasteiger partial charge in [-0.25, -0.2) is 0 Å². The van der Waals surface area contributed by atoms with E-state index >= 15 is 0 Å². The zero-order valence-electron chi connectivity index (χ0n) is 17.8. The van der Waals surface area contributed by atoms with E-state index in [1.54, 1.807) is 0 Å². The minimum atomic E-state index is -4.65. The van der Waals surface area contributed by atoms with E-state index < -0.39 is 17.6 Å². The molecule has 1 aliphatic rings. The van der Waals surface area contributed by atoms with Gasteiger partial charge in [0, 0.05) is 23.7 Å². The van der Waals surface area contributed by atoms with Gasteiger partial charge in [0.15, 0.2) is 0 Å². The van der Waals surface area contributed by atoms with E-state index in [1.807, 2.05) is 0 Å². The van der Waals surface area contributed by atoms with Crippen LogP contribution in [0.25, 0.3) is 0 Å². The third-order valence-electron chi connectivity index (χ3n) is 5.63. The summed E-state index contributed by atoms with van der Waals surface area (Å²) in [7, 11) is 3.23. The Morgan fingerprint density at radius 1 is 1.20 bits per heavy atom. The maximum absolute atomic E-state index is 13.1. The SMILES string of the molecule is COc1ccc(C(=O)NCC(=O)NC2CCC(N(C)C(C)C)CC2)cc1C(F)(F)F.